The maximum absolute atomic E-state index is 10.7. The molecule has 0 unspecified atom stereocenters. The molecular formula is C17H21N3O4. The van der Waals surface area contributed by atoms with E-state index < -0.39 is 5.97 Å². The standard InChI is InChI=1S/C17H21N3O4/c1-24-16-4-2-12(8-15(16)21)10-19-6-7-20-14(11-19)9-13(18-20)3-5-17(22)23/h2,4,8-9,21H,3,5-7,10-11H2,1H3,(H,22,23). The number of carboxylic acids is 1. The zero-order chi connectivity index (χ0) is 17.1. The predicted molar refractivity (Wildman–Crippen MR) is 87.0 cm³/mol. The Labute approximate surface area is 140 Å². The second-order valence-electron chi connectivity index (χ2n) is 5.96. The molecule has 7 nitrogen and oxygen atoms in total. The van der Waals surface area contributed by atoms with Crippen molar-refractivity contribution in [2.24, 2.45) is 0 Å². The first-order valence-corrected chi connectivity index (χ1v) is 7.91. The number of aromatic nitrogens is 2. The van der Waals surface area contributed by atoms with Crippen molar-refractivity contribution in [2.75, 3.05) is 13.7 Å². The first kappa shape index (κ1) is 16.3. The number of rotatable bonds is 6. The van der Waals surface area contributed by atoms with E-state index >= 15 is 0 Å². The van der Waals surface area contributed by atoms with Gasteiger partial charge in [0.15, 0.2) is 11.5 Å². The van der Waals surface area contributed by atoms with E-state index in [0.717, 1.165) is 43.1 Å². The monoisotopic (exact) mass is 331 g/mol. The van der Waals surface area contributed by atoms with Crippen LogP contribution < -0.4 is 4.74 Å². The Morgan fingerprint density at radius 3 is 2.88 bits per heavy atom. The van der Waals surface area contributed by atoms with Gasteiger partial charge in [0.05, 0.1) is 31.5 Å². The van der Waals surface area contributed by atoms with Gasteiger partial charge in [-0.2, -0.15) is 5.10 Å². The molecule has 128 valence electrons. The highest BCUT2D eigenvalue weighted by Gasteiger charge is 2.19. The number of hydrogen-bond acceptors (Lipinski definition) is 5. The van der Waals surface area contributed by atoms with Crippen molar-refractivity contribution in [2.45, 2.75) is 32.5 Å². The van der Waals surface area contributed by atoms with Gasteiger partial charge < -0.3 is 14.9 Å². The van der Waals surface area contributed by atoms with Crippen molar-refractivity contribution < 1.29 is 19.7 Å². The Balaban J connectivity index is 1.64. The van der Waals surface area contributed by atoms with Gasteiger partial charge in [0, 0.05) is 26.1 Å². The lowest BCUT2D eigenvalue weighted by atomic mass is 10.1. The molecule has 0 saturated carbocycles. The molecule has 2 aromatic rings. The quantitative estimate of drug-likeness (QED) is 0.836. The molecule has 2 N–H and O–H groups in total. The Bertz CT molecular complexity index is 741. The van der Waals surface area contributed by atoms with Gasteiger partial charge in [-0.25, -0.2) is 0 Å². The molecule has 0 amide bonds. The minimum atomic E-state index is -0.804. The van der Waals surface area contributed by atoms with Crippen LogP contribution >= 0.6 is 0 Å². The highest BCUT2D eigenvalue weighted by Crippen LogP contribution is 2.27. The summed E-state index contributed by atoms with van der Waals surface area (Å²) in [5.41, 5.74) is 2.95. The van der Waals surface area contributed by atoms with Crippen LogP contribution in [0.4, 0.5) is 0 Å². The summed E-state index contributed by atoms with van der Waals surface area (Å²) in [5, 5.41) is 23.1. The third-order valence-corrected chi connectivity index (χ3v) is 4.17. The minimum Gasteiger partial charge on any atom is -0.504 e. The van der Waals surface area contributed by atoms with E-state index in [2.05, 4.69) is 10.00 Å². The Morgan fingerprint density at radius 1 is 1.33 bits per heavy atom. The zero-order valence-electron chi connectivity index (χ0n) is 13.6. The van der Waals surface area contributed by atoms with Crippen molar-refractivity contribution in [3.05, 3.63) is 41.2 Å². The van der Waals surface area contributed by atoms with Crippen molar-refractivity contribution >= 4 is 5.97 Å². The molecule has 1 aromatic carbocycles. The van der Waals surface area contributed by atoms with Crippen LogP contribution in [-0.2, 0) is 30.8 Å². The van der Waals surface area contributed by atoms with Gasteiger partial charge >= 0.3 is 5.97 Å². The van der Waals surface area contributed by atoms with Crippen LogP contribution in [0.1, 0.15) is 23.4 Å². The summed E-state index contributed by atoms with van der Waals surface area (Å²) in [6.07, 6.45) is 0.562. The summed E-state index contributed by atoms with van der Waals surface area (Å²) < 4.78 is 7.02. The van der Waals surface area contributed by atoms with Gasteiger partial charge in [0.1, 0.15) is 0 Å². The summed E-state index contributed by atoms with van der Waals surface area (Å²) in [4.78, 5) is 12.9. The molecule has 1 aliphatic heterocycles. The van der Waals surface area contributed by atoms with Crippen molar-refractivity contribution in [1.29, 1.82) is 0 Å². The number of aromatic hydroxyl groups is 1. The lowest BCUT2D eigenvalue weighted by Crippen LogP contribution is -2.33. The number of phenolic OH excluding ortho intramolecular Hbond substituents is 1. The Hall–Kier alpha value is -2.54. The number of carbonyl (C=O) groups is 1. The average molecular weight is 331 g/mol. The van der Waals surface area contributed by atoms with E-state index in [1.165, 1.54) is 7.11 Å². The molecule has 7 heteroatoms. The summed E-state index contributed by atoms with van der Waals surface area (Å²) in [5.74, 6) is -0.187. The Kier molecular flexibility index (Phi) is 4.71. The van der Waals surface area contributed by atoms with Crippen molar-refractivity contribution in [3.63, 3.8) is 0 Å². The highest BCUT2D eigenvalue weighted by molar-refractivity contribution is 5.66. The van der Waals surface area contributed by atoms with Crippen LogP contribution in [-0.4, -0.2) is 44.5 Å². The lowest BCUT2D eigenvalue weighted by molar-refractivity contribution is -0.136. The van der Waals surface area contributed by atoms with Crippen LogP contribution in [0, 0.1) is 0 Å². The molecule has 0 radical (unpaired) electrons. The van der Waals surface area contributed by atoms with Gasteiger partial charge in [-0.3, -0.25) is 14.4 Å². The molecule has 0 fully saturated rings. The fraction of sp³-hybridized carbons (Fsp3) is 0.412. The van der Waals surface area contributed by atoms with E-state index in [4.69, 9.17) is 9.84 Å². The summed E-state index contributed by atoms with van der Waals surface area (Å²) in [6.45, 7) is 3.13. The third-order valence-electron chi connectivity index (χ3n) is 4.17. The van der Waals surface area contributed by atoms with Crippen LogP contribution in [0.5, 0.6) is 11.5 Å². The number of nitrogens with zero attached hydrogens (tertiary/aromatic N) is 3. The van der Waals surface area contributed by atoms with Crippen LogP contribution in [0.25, 0.3) is 0 Å². The van der Waals surface area contributed by atoms with E-state index in [1.54, 1.807) is 12.1 Å². The number of aryl methyl sites for hydroxylation is 1. The van der Waals surface area contributed by atoms with E-state index in [1.807, 2.05) is 16.8 Å². The molecule has 0 saturated heterocycles. The molecule has 0 aliphatic carbocycles. The minimum absolute atomic E-state index is 0.102. The fourth-order valence-corrected chi connectivity index (χ4v) is 2.96. The third kappa shape index (κ3) is 3.68. The summed E-state index contributed by atoms with van der Waals surface area (Å²) in [6, 6.07) is 7.43. The molecule has 1 aromatic heterocycles. The van der Waals surface area contributed by atoms with Crippen LogP contribution in [0.3, 0.4) is 0 Å². The molecule has 3 rings (SSSR count). The summed E-state index contributed by atoms with van der Waals surface area (Å²) in [7, 11) is 1.53. The molecule has 2 heterocycles. The van der Waals surface area contributed by atoms with Crippen LogP contribution in [0.2, 0.25) is 0 Å². The smallest absolute Gasteiger partial charge is 0.303 e. The second kappa shape index (κ2) is 6.92. The lowest BCUT2D eigenvalue weighted by Gasteiger charge is -2.27. The van der Waals surface area contributed by atoms with E-state index in [0.29, 0.717) is 12.2 Å². The highest BCUT2D eigenvalue weighted by atomic mass is 16.5. The predicted octanol–water partition coefficient (Wildman–Crippen LogP) is 1.63. The number of methoxy groups -OCH3 is 1. The number of carboxylic acid groups (broad SMARTS) is 1. The maximum atomic E-state index is 10.7. The number of phenols is 1. The van der Waals surface area contributed by atoms with E-state index in [-0.39, 0.29) is 12.2 Å². The molecular weight excluding hydrogens is 310 g/mol. The van der Waals surface area contributed by atoms with Crippen molar-refractivity contribution in [3.8, 4) is 11.5 Å². The topological polar surface area (TPSA) is 87.8 Å². The fourth-order valence-electron chi connectivity index (χ4n) is 2.96. The Morgan fingerprint density at radius 2 is 2.17 bits per heavy atom. The molecule has 0 atom stereocenters. The number of ether oxygens (including phenoxy) is 1. The average Bonchev–Trinajstić information content (AvgIpc) is 2.95. The van der Waals surface area contributed by atoms with Gasteiger partial charge in [0.25, 0.3) is 0 Å². The largest absolute Gasteiger partial charge is 0.504 e. The SMILES string of the molecule is COc1ccc(CN2CCn3nc(CCC(=O)O)cc3C2)cc1O. The molecule has 1 aliphatic rings. The van der Waals surface area contributed by atoms with Gasteiger partial charge in [0.2, 0.25) is 0 Å². The van der Waals surface area contributed by atoms with Gasteiger partial charge in [-0.15, -0.1) is 0 Å². The maximum Gasteiger partial charge on any atom is 0.303 e. The van der Waals surface area contributed by atoms with Crippen molar-refractivity contribution in [1.82, 2.24) is 14.7 Å². The van der Waals surface area contributed by atoms with Crippen LogP contribution in [0.15, 0.2) is 24.3 Å². The first-order valence-electron chi connectivity index (χ1n) is 7.91. The number of benzene rings is 1. The van der Waals surface area contributed by atoms with Gasteiger partial charge in [-0.1, -0.05) is 6.07 Å². The number of aliphatic carboxylic acids is 1. The second-order valence-corrected chi connectivity index (χ2v) is 5.96. The first-order chi connectivity index (χ1) is 11.5. The summed E-state index contributed by atoms with van der Waals surface area (Å²) >= 11 is 0. The molecule has 0 spiro atoms. The molecule has 24 heavy (non-hydrogen) atoms. The normalized spacial score (nSPS) is 14.4. The van der Waals surface area contributed by atoms with E-state index in [9.17, 15) is 9.90 Å². The zero-order valence-corrected chi connectivity index (χ0v) is 13.6. The number of fused-ring (bicyclic) bond motifs is 1. The molecule has 0 bridgehead atoms. The van der Waals surface area contributed by atoms with Gasteiger partial charge in [-0.05, 0) is 23.8 Å². The number of hydrogen-bond donors (Lipinski definition) is 2.